The van der Waals surface area contributed by atoms with Gasteiger partial charge >= 0.3 is 7.60 Å². The molecule has 0 fully saturated rings. The van der Waals surface area contributed by atoms with Crippen molar-refractivity contribution >= 4 is 13.2 Å². The van der Waals surface area contributed by atoms with Crippen LogP contribution in [0, 0.1) is 0 Å². The Kier molecular flexibility index (Phi) is 2.67. The van der Waals surface area contributed by atoms with Crippen molar-refractivity contribution in [1.29, 1.82) is 0 Å². The van der Waals surface area contributed by atoms with Crippen LogP contribution in [0.5, 0.6) is 0 Å². The van der Waals surface area contributed by atoms with Gasteiger partial charge in [-0.05, 0) is 17.3 Å². The summed E-state index contributed by atoms with van der Waals surface area (Å²) in [5.41, 5.74) is 1.52. The van der Waals surface area contributed by atoms with Crippen molar-refractivity contribution in [3.8, 4) is 11.5 Å². The molecule has 3 heterocycles. The van der Waals surface area contributed by atoms with Crippen LogP contribution in [0.3, 0.4) is 0 Å². The summed E-state index contributed by atoms with van der Waals surface area (Å²) in [6.45, 7) is 0. The van der Waals surface area contributed by atoms with E-state index in [-0.39, 0.29) is 6.16 Å². The number of hydrogen-bond donors (Lipinski definition) is 3. The molecular formula is C9H9N6O3P. The lowest BCUT2D eigenvalue weighted by Gasteiger charge is -2.08. The van der Waals surface area contributed by atoms with E-state index in [9.17, 15) is 4.57 Å². The minimum Gasteiger partial charge on any atom is -0.324 e. The van der Waals surface area contributed by atoms with Crippen molar-refractivity contribution in [3.05, 3.63) is 30.1 Å². The maximum atomic E-state index is 11.2. The first-order valence-corrected chi connectivity index (χ1v) is 7.08. The van der Waals surface area contributed by atoms with Crippen LogP contribution in [0.15, 0.2) is 24.4 Å². The van der Waals surface area contributed by atoms with E-state index in [0.29, 0.717) is 22.9 Å². The van der Waals surface area contributed by atoms with E-state index in [4.69, 9.17) is 9.79 Å². The van der Waals surface area contributed by atoms with Crippen molar-refractivity contribution in [2.24, 2.45) is 0 Å². The molecule has 3 rings (SSSR count). The molecule has 0 aliphatic carbocycles. The van der Waals surface area contributed by atoms with Crippen LogP contribution in [0.4, 0.5) is 0 Å². The summed E-state index contributed by atoms with van der Waals surface area (Å²) < 4.78 is 12.8. The molecule has 98 valence electrons. The van der Waals surface area contributed by atoms with E-state index in [0.717, 1.165) is 0 Å². The van der Waals surface area contributed by atoms with Gasteiger partial charge in [0, 0.05) is 5.69 Å². The fraction of sp³-hybridized carbons (Fsp3) is 0.111. The van der Waals surface area contributed by atoms with Gasteiger partial charge in [0.1, 0.15) is 11.3 Å². The SMILES string of the molecule is O=P(O)(O)Cc1cccc2ncc(-c3nn[nH]n3)n12. The smallest absolute Gasteiger partial charge is 0.324 e. The highest BCUT2D eigenvalue weighted by atomic mass is 31.2. The van der Waals surface area contributed by atoms with Gasteiger partial charge in [0.2, 0.25) is 5.82 Å². The third kappa shape index (κ3) is 2.26. The van der Waals surface area contributed by atoms with Crippen molar-refractivity contribution in [2.45, 2.75) is 6.16 Å². The molecule has 0 bridgehead atoms. The van der Waals surface area contributed by atoms with Gasteiger partial charge in [0.15, 0.2) is 0 Å². The highest BCUT2D eigenvalue weighted by Crippen LogP contribution is 2.39. The van der Waals surface area contributed by atoms with Crippen molar-refractivity contribution in [1.82, 2.24) is 30.0 Å². The Bertz CT molecular complexity index is 761. The summed E-state index contributed by atoms with van der Waals surface area (Å²) in [7, 11) is -4.18. The summed E-state index contributed by atoms with van der Waals surface area (Å²) in [5, 5.41) is 13.5. The number of aromatic nitrogens is 6. The molecule has 3 aromatic rings. The molecule has 0 aliphatic heterocycles. The predicted molar refractivity (Wildman–Crippen MR) is 64.1 cm³/mol. The minimum atomic E-state index is -4.18. The summed E-state index contributed by atoms with van der Waals surface area (Å²) in [6.07, 6.45) is 1.15. The topological polar surface area (TPSA) is 129 Å². The second-order valence-electron chi connectivity index (χ2n) is 3.91. The van der Waals surface area contributed by atoms with Gasteiger partial charge in [-0.2, -0.15) is 5.21 Å². The molecule has 0 radical (unpaired) electrons. The second-order valence-corrected chi connectivity index (χ2v) is 5.56. The van der Waals surface area contributed by atoms with E-state index >= 15 is 0 Å². The summed E-state index contributed by atoms with van der Waals surface area (Å²) >= 11 is 0. The van der Waals surface area contributed by atoms with Gasteiger partial charge in [-0.3, -0.25) is 8.97 Å². The van der Waals surface area contributed by atoms with E-state index in [1.807, 2.05) is 0 Å². The molecule has 0 unspecified atom stereocenters. The average Bonchev–Trinajstić information content (AvgIpc) is 2.95. The van der Waals surface area contributed by atoms with Gasteiger partial charge in [-0.25, -0.2) is 4.98 Å². The fourth-order valence-electron chi connectivity index (χ4n) is 1.87. The highest BCUT2D eigenvalue weighted by molar-refractivity contribution is 7.50. The molecule has 0 spiro atoms. The number of aromatic amines is 1. The molecule has 3 N–H and O–H groups in total. The Morgan fingerprint density at radius 1 is 1.37 bits per heavy atom. The Morgan fingerprint density at radius 3 is 2.89 bits per heavy atom. The molecule has 10 heteroatoms. The molecule has 0 atom stereocenters. The molecule has 0 amide bonds. The van der Waals surface area contributed by atoms with Gasteiger partial charge in [-0.15, -0.1) is 10.2 Å². The minimum absolute atomic E-state index is 0.311. The zero-order valence-corrected chi connectivity index (χ0v) is 10.4. The van der Waals surface area contributed by atoms with Crippen molar-refractivity contribution < 1.29 is 14.4 Å². The molecule has 0 saturated carbocycles. The molecule has 0 aromatic carbocycles. The Hall–Kier alpha value is -2.09. The molecule has 0 aliphatic rings. The molecule has 9 nitrogen and oxygen atoms in total. The normalized spacial score (nSPS) is 12.1. The second kappa shape index (κ2) is 4.23. The number of hydrogen-bond acceptors (Lipinski definition) is 5. The number of pyridine rings is 1. The zero-order chi connectivity index (χ0) is 13.5. The van der Waals surface area contributed by atoms with Crippen LogP contribution in [0.25, 0.3) is 17.2 Å². The first-order chi connectivity index (χ1) is 9.04. The molecule has 0 saturated heterocycles. The van der Waals surface area contributed by atoms with Gasteiger partial charge in [0.25, 0.3) is 0 Å². The number of tetrazole rings is 1. The van der Waals surface area contributed by atoms with E-state index in [1.165, 1.54) is 6.20 Å². The van der Waals surface area contributed by atoms with Gasteiger partial charge < -0.3 is 9.79 Å². The molecule has 3 aromatic heterocycles. The lowest BCUT2D eigenvalue weighted by atomic mass is 10.3. The van der Waals surface area contributed by atoms with Crippen LogP contribution >= 0.6 is 7.60 Å². The third-order valence-electron chi connectivity index (χ3n) is 2.55. The van der Waals surface area contributed by atoms with Crippen molar-refractivity contribution in [3.63, 3.8) is 0 Å². The van der Waals surface area contributed by atoms with Gasteiger partial charge in [0.05, 0.1) is 12.4 Å². The van der Waals surface area contributed by atoms with Crippen molar-refractivity contribution in [2.75, 3.05) is 0 Å². The zero-order valence-electron chi connectivity index (χ0n) is 9.50. The Balaban J connectivity index is 2.23. The quantitative estimate of drug-likeness (QED) is 0.584. The third-order valence-corrected chi connectivity index (χ3v) is 3.29. The molecular weight excluding hydrogens is 271 g/mol. The van der Waals surface area contributed by atoms with Crippen LogP contribution in [0.1, 0.15) is 5.69 Å². The van der Waals surface area contributed by atoms with Crippen LogP contribution in [-0.2, 0) is 10.7 Å². The lowest BCUT2D eigenvalue weighted by Crippen LogP contribution is -2.00. The number of imidazole rings is 1. The summed E-state index contributed by atoms with van der Waals surface area (Å²) in [6, 6.07) is 5.04. The summed E-state index contributed by atoms with van der Waals surface area (Å²) in [4.78, 5) is 22.4. The highest BCUT2D eigenvalue weighted by Gasteiger charge is 2.19. The predicted octanol–water partition coefficient (Wildman–Crippen LogP) is 0.192. The number of H-pyrrole nitrogens is 1. The summed E-state index contributed by atoms with van der Waals surface area (Å²) in [5.74, 6) is 0.311. The number of rotatable bonds is 3. The number of nitrogens with one attached hydrogen (secondary N) is 1. The van der Waals surface area contributed by atoms with Crippen LogP contribution < -0.4 is 0 Å². The molecule has 19 heavy (non-hydrogen) atoms. The van der Waals surface area contributed by atoms with E-state index in [1.54, 1.807) is 22.6 Å². The Labute approximate surface area is 106 Å². The lowest BCUT2D eigenvalue weighted by molar-refractivity contribution is 0.371. The maximum absolute atomic E-state index is 11.2. The number of nitrogens with zero attached hydrogens (tertiary/aromatic N) is 5. The van der Waals surface area contributed by atoms with E-state index in [2.05, 4.69) is 25.6 Å². The van der Waals surface area contributed by atoms with Crippen LogP contribution in [-0.4, -0.2) is 39.8 Å². The maximum Gasteiger partial charge on any atom is 0.331 e. The largest absolute Gasteiger partial charge is 0.331 e. The average molecular weight is 280 g/mol. The monoisotopic (exact) mass is 280 g/mol. The number of fused-ring (bicyclic) bond motifs is 1. The Morgan fingerprint density at radius 2 is 2.21 bits per heavy atom. The standard InChI is InChI=1S/C9H9N6O3P/c16-19(17,18)5-6-2-1-3-8-10-4-7(15(6)8)9-11-13-14-12-9/h1-4H,5H2,(H2,16,17,18)(H,11,12,13,14). The first-order valence-electron chi connectivity index (χ1n) is 5.28. The van der Waals surface area contributed by atoms with E-state index < -0.39 is 7.60 Å². The fourth-order valence-corrected chi connectivity index (χ4v) is 2.54. The van der Waals surface area contributed by atoms with Crippen LogP contribution in [0.2, 0.25) is 0 Å². The first kappa shape index (κ1) is 12.0. The van der Waals surface area contributed by atoms with Gasteiger partial charge in [-0.1, -0.05) is 6.07 Å².